The average Bonchev–Trinajstić information content (AvgIpc) is 2.93. The van der Waals surface area contributed by atoms with Gasteiger partial charge in [-0.25, -0.2) is 4.79 Å². The van der Waals surface area contributed by atoms with E-state index in [9.17, 15) is 19.2 Å². The molecule has 1 aliphatic carbocycles. The molecule has 0 spiro atoms. The van der Waals surface area contributed by atoms with Crippen molar-refractivity contribution in [3.8, 4) is 0 Å². The number of hydrogen-bond acceptors (Lipinski definition) is 5. The molecule has 4 atom stereocenters. The van der Waals surface area contributed by atoms with Gasteiger partial charge in [-0.1, -0.05) is 30.4 Å². The first-order valence-electron chi connectivity index (χ1n) is 8.98. The number of para-hydroxylation sites is 1. The maximum atomic E-state index is 12.5. The van der Waals surface area contributed by atoms with Crippen molar-refractivity contribution in [1.29, 1.82) is 0 Å². The number of nitrogens with zero attached hydrogens (tertiary/aromatic N) is 1. The van der Waals surface area contributed by atoms with Gasteiger partial charge in [0.05, 0.1) is 11.8 Å². The number of amides is 3. The van der Waals surface area contributed by atoms with Crippen LogP contribution in [0.3, 0.4) is 0 Å². The predicted molar refractivity (Wildman–Crippen MR) is 97.3 cm³/mol. The van der Waals surface area contributed by atoms with Crippen LogP contribution in [0.15, 0.2) is 42.5 Å². The van der Waals surface area contributed by atoms with E-state index >= 15 is 0 Å². The summed E-state index contributed by atoms with van der Waals surface area (Å²) in [5.74, 6) is -2.77. The number of anilines is 1. The van der Waals surface area contributed by atoms with Crippen LogP contribution in [0.2, 0.25) is 0 Å². The highest BCUT2D eigenvalue weighted by atomic mass is 16.5. The SMILES string of the molecule is C[C@H](OC(=O)[C@H](C)N1C(=O)[C@H]2CC=CC[C@H]2C1=O)C(=O)Nc1ccccc1. The van der Waals surface area contributed by atoms with Gasteiger partial charge in [0.25, 0.3) is 5.91 Å². The lowest BCUT2D eigenvalue weighted by Gasteiger charge is -2.23. The number of imide groups is 1. The molecule has 1 aromatic carbocycles. The Labute approximate surface area is 157 Å². The van der Waals surface area contributed by atoms with Crippen molar-refractivity contribution < 1.29 is 23.9 Å². The Balaban J connectivity index is 1.61. The van der Waals surface area contributed by atoms with E-state index in [4.69, 9.17) is 4.74 Å². The maximum Gasteiger partial charge on any atom is 0.329 e. The third-order valence-electron chi connectivity index (χ3n) is 4.97. The first kappa shape index (κ1) is 18.8. The minimum Gasteiger partial charge on any atom is -0.451 e. The highest BCUT2D eigenvalue weighted by molar-refractivity contribution is 6.08. The van der Waals surface area contributed by atoms with Crippen LogP contribution in [0.4, 0.5) is 5.69 Å². The zero-order valence-corrected chi connectivity index (χ0v) is 15.3. The summed E-state index contributed by atoms with van der Waals surface area (Å²) < 4.78 is 5.20. The van der Waals surface area contributed by atoms with E-state index in [2.05, 4.69) is 5.32 Å². The zero-order valence-electron chi connectivity index (χ0n) is 15.3. The van der Waals surface area contributed by atoms with Gasteiger partial charge < -0.3 is 10.1 Å². The molecule has 0 saturated carbocycles. The number of allylic oxidation sites excluding steroid dienone is 2. The van der Waals surface area contributed by atoms with Crippen molar-refractivity contribution in [2.45, 2.75) is 38.8 Å². The minimum atomic E-state index is -1.07. The van der Waals surface area contributed by atoms with Crippen LogP contribution >= 0.6 is 0 Å². The topological polar surface area (TPSA) is 92.8 Å². The zero-order chi connectivity index (χ0) is 19.6. The quantitative estimate of drug-likeness (QED) is 0.485. The molecule has 3 rings (SSSR count). The van der Waals surface area contributed by atoms with E-state index in [1.807, 2.05) is 18.2 Å². The van der Waals surface area contributed by atoms with Crippen LogP contribution in [0.1, 0.15) is 26.7 Å². The van der Waals surface area contributed by atoms with Crippen LogP contribution in [0, 0.1) is 11.8 Å². The molecule has 27 heavy (non-hydrogen) atoms. The molecule has 0 unspecified atom stereocenters. The second kappa shape index (κ2) is 7.73. The standard InChI is InChI=1S/C20H22N2O5/c1-12(22-18(24)15-10-6-7-11-16(15)19(22)25)20(26)27-13(2)17(23)21-14-8-4-3-5-9-14/h3-9,12-13,15-16H,10-11H2,1-2H3,(H,21,23)/t12-,13-,15-,16+/m0/s1. The Kier molecular flexibility index (Phi) is 5.39. The lowest BCUT2D eigenvalue weighted by molar-refractivity contribution is -0.163. The molecular weight excluding hydrogens is 348 g/mol. The van der Waals surface area contributed by atoms with Gasteiger partial charge in [0.1, 0.15) is 6.04 Å². The summed E-state index contributed by atoms with van der Waals surface area (Å²) in [5.41, 5.74) is 0.583. The van der Waals surface area contributed by atoms with Gasteiger partial charge in [0.2, 0.25) is 11.8 Å². The Bertz CT molecular complexity index is 763. The minimum absolute atomic E-state index is 0.347. The van der Waals surface area contributed by atoms with Crippen LogP contribution in [0.5, 0.6) is 0 Å². The summed E-state index contributed by atoms with van der Waals surface area (Å²) in [6, 6.07) is 7.72. The third-order valence-corrected chi connectivity index (χ3v) is 4.97. The highest BCUT2D eigenvalue weighted by Crippen LogP contribution is 2.36. The monoisotopic (exact) mass is 370 g/mol. The molecule has 0 bridgehead atoms. The lowest BCUT2D eigenvalue weighted by Crippen LogP contribution is -2.46. The third kappa shape index (κ3) is 3.77. The van der Waals surface area contributed by atoms with Crippen LogP contribution in [-0.2, 0) is 23.9 Å². The van der Waals surface area contributed by atoms with E-state index in [0.29, 0.717) is 18.5 Å². The van der Waals surface area contributed by atoms with Gasteiger partial charge in [-0.05, 0) is 38.8 Å². The molecule has 1 saturated heterocycles. The first-order chi connectivity index (χ1) is 12.9. The van der Waals surface area contributed by atoms with Gasteiger partial charge in [-0.15, -0.1) is 0 Å². The smallest absolute Gasteiger partial charge is 0.329 e. The molecule has 1 fully saturated rings. The number of benzene rings is 1. The molecule has 2 aliphatic rings. The summed E-state index contributed by atoms with van der Waals surface area (Å²) >= 11 is 0. The highest BCUT2D eigenvalue weighted by Gasteiger charge is 2.50. The Morgan fingerprint density at radius 2 is 1.59 bits per heavy atom. The number of hydrogen-bond donors (Lipinski definition) is 1. The number of ether oxygens (including phenoxy) is 1. The van der Waals surface area contributed by atoms with Crippen molar-refractivity contribution in [3.05, 3.63) is 42.5 Å². The Morgan fingerprint density at radius 1 is 1.04 bits per heavy atom. The number of esters is 1. The Hall–Kier alpha value is -2.96. The second-order valence-corrected chi connectivity index (χ2v) is 6.81. The van der Waals surface area contributed by atoms with E-state index in [1.165, 1.54) is 13.8 Å². The number of carbonyl (C=O) groups is 4. The van der Waals surface area contributed by atoms with Gasteiger partial charge in [0, 0.05) is 5.69 Å². The fourth-order valence-corrected chi connectivity index (χ4v) is 3.40. The largest absolute Gasteiger partial charge is 0.451 e. The van der Waals surface area contributed by atoms with Gasteiger partial charge >= 0.3 is 5.97 Å². The normalized spacial score (nSPS) is 23.6. The summed E-state index contributed by atoms with van der Waals surface area (Å²) in [6.07, 6.45) is 3.72. The molecule has 3 amide bonds. The summed E-state index contributed by atoms with van der Waals surface area (Å²) in [6.45, 7) is 2.89. The summed E-state index contributed by atoms with van der Waals surface area (Å²) in [5, 5.41) is 2.64. The van der Waals surface area contributed by atoms with Crippen LogP contribution in [-0.4, -0.2) is 40.7 Å². The molecule has 7 nitrogen and oxygen atoms in total. The van der Waals surface area contributed by atoms with Crippen molar-refractivity contribution in [3.63, 3.8) is 0 Å². The predicted octanol–water partition coefficient (Wildman–Crippen LogP) is 1.90. The first-order valence-corrected chi connectivity index (χ1v) is 8.98. The number of nitrogens with one attached hydrogen (secondary N) is 1. The van der Waals surface area contributed by atoms with E-state index < -0.39 is 35.9 Å². The fourth-order valence-electron chi connectivity index (χ4n) is 3.40. The van der Waals surface area contributed by atoms with Gasteiger partial charge in [0.15, 0.2) is 6.10 Å². The molecule has 1 aliphatic heterocycles. The molecule has 7 heteroatoms. The van der Waals surface area contributed by atoms with Gasteiger partial charge in [-0.2, -0.15) is 0 Å². The van der Waals surface area contributed by atoms with Crippen LogP contribution < -0.4 is 5.32 Å². The van der Waals surface area contributed by atoms with E-state index in [1.54, 1.807) is 24.3 Å². The summed E-state index contributed by atoms with van der Waals surface area (Å²) in [4.78, 5) is 50.7. The average molecular weight is 370 g/mol. The number of carbonyl (C=O) groups excluding carboxylic acids is 4. The number of fused-ring (bicyclic) bond motifs is 1. The lowest BCUT2D eigenvalue weighted by atomic mass is 9.85. The number of rotatable bonds is 5. The molecular formula is C20H22N2O5. The summed E-state index contributed by atoms with van der Waals surface area (Å²) in [7, 11) is 0. The molecule has 1 N–H and O–H groups in total. The van der Waals surface area contributed by atoms with E-state index in [0.717, 1.165) is 4.90 Å². The molecule has 0 radical (unpaired) electrons. The number of likely N-dealkylation sites (tertiary alicyclic amines) is 1. The maximum absolute atomic E-state index is 12.5. The second-order valence-electron chi connectivity index (χ2n) is 6.81. The van der Waals surface area contributed by atoms with Crippen molar-refractivity contribution in [2.24, 2.45) is 11.8 Å². The van der Waals surface area contributed by atoms with Crippen molar-refractivity contribution >= 4 is 29.4 Å². The Morgan fingerprint density at radius 3 is 2.15 bits per heavy atom. The molecule has 0 aromatic heterocycles. The molecule has 1 heterocycles. The van der Waals surface area contributed by atoms with E-state index in [-0.39, 0.29) is 11.8 Å². The molecule has 1 aromatic rings. The van der Waals surface area contributed by atoms with Crippen molar-refractivity contribution in [1.82, 2.24) is 4.90 Å². The molecule has 142 valence electrons. The van der Waals surface area contributed by atoms with Gasteiger partial charge in [-0.3, -0.25) is 19.3 Å². The van der Waals surface area contributed by atoms with Crippen LogP contribution in [0.25, 0.3) is 0 Å². The fraction of sp³-hybridized carbons (Fsp3) is 0.400. The van der Waals surface area contributed by atoms with Crippen molar-refractivity contribution in [2.75, 3.05) is 5.32 Å².